The Morgan fingerprint density at radius 1 is 1.17 bits per heavy atom. The molecular formula is C14H22ClNO2. The standard InChI is InChI=1S/C14H22ClNO2/c1-4-16(9-5-8-15)11-12-6-7-13(17-2)14(10-12)18-3/h6-7,10H,4-5,8-9,11H2,1-3H3. The molecule has 0 aliphatic rings. The maximum atomic E-state index is 5.73. The number of benzene rings is 1. The molecule has 0 radical (unpaired) electrons. The van der Waals surface area contributed by atoms with Crippen LogP contribution in [0.3, 0.4) is 0 Å². The van der Waals surface area contributed by atoms with Crippen molar-refractivity contribution >= 4 is 11.6 Å². The van der Waals surface area contributed by atoms with E-state index in [1.165, 1.54) is 5.56 Å². The van der Waals surface area contributed by atoms with E-state index in [0.717, 1.165) is 37.6 Å². The third-order valence-electron chi connectivity index (χ3n) is 2.91. The maximum absolute atomic E-state index is 5.73. The van der Waals surface area contributed by atoms with Crippen LogP contribution in [0.25, 0.3) is 0 Å². The normalized spacial score (nSPS) is 10.7. The summed E-state index contributed by atoms with van der Waals surface area (Å²) in [7, 11) is 3.31. The molecule has 1 aromatic rings. The van der Waals surface area contributed by atoms with Gasteiger partial charge in [0, 0.05) is 12.4 Å². The fraction of sp³-hybridized carbons (Fsp3) is 0.571. The second kappa shape index (κ2) is 8.22. The monoisotopic (exact) mass is 271 g/mol. The van der Waals surface area contributed by atoms with Crippen LogP contribution in [0.15, 0.2) is 18.2 Å². The first-order chi connectivity index (χ1) is 8.74. The van der Waals surface area contributed by atoms with Gasteiger partial charge in [-0.2, -0.15) is 0 Å². The molecule has 0 fully saturated rings. The first-order valence-corrected chi connectivity index (χ1v) is 6.77. The maximum Gasteiger partial charge on any atom is 0.161 e. The molecule has 1 aromatic carbocycles. The molecule has 0 saturated carbocycles. The predicted molar refractivity (Wildman–Crippen MR) is 75.8 cm³/mol. The summed E-state index contributed by atoms with van der Waals surface area (Å²) in [6.45, 7) is 5.11. The molecule has 4 heteroatoms. The zero-order valence-electron chi connectivity index (χ0n) is 11.4. The number of nitrogens with zero attached hydrogens (tertiary/aromatic N) is 1. The summed E-state index contributed by atoms with van der Waals surface area (Å²) in [4.78, 5) is 2.36. The van der Waals surface area contributed by atoms with E-state index in [9.17, 15) is 0 Å². The predicted octanol–water partition coefficient (Wildman–Crippen LogP) is 3.15. The summed E-state index contributed by atoms with van der Waals surface area (Å²) in [5.74, 6) is 2.26. The number of halogens is 1. The molecule has 0 spiro atoms. The van der Waals surface area contributed by atoms with Gasteiger partial charge in [0.25, 0.3) is 0 Å². The van der Waals surface area contributed by atoms with Crippen molar-refractivity contribution in [2.75, 3.05) is 33.2 Å². The zero-order valence-corrected chi connectivity index (χ0v) is 12.2. The largest absolute Gasteiger partial charge is 0.493 e. The molecule has 0 aliphatic heterocycles. The number of hydrogen-bond acceptors (Lipinski definition) is 3. The number of alkyl halides is 1. The lowest BCUT2D eigenvalue weighted by Crippen LogP contribution is -2.24. The first kappa shape index (κ1) is 15.1. The molecule has 0 bridgehead atoms. The van der Waals surface area contributed by atoms with Crippen LogP contribution >= 0.6 is 11.6 Å². The molecule has 0 atom stereocenters. The highest BCUT2D eigenvalue weighted by Crippen LogP contribution is 2.27. The van der Waals surface area contributed by atoms with Gasteiger partial charge >= 0.3 is 0 Å². The number of rotatable bonds is 8. The molecule has 0 unspecified atom stereocenters. The molecule has 0 aliphatic carbocycles. The third kappa shape index (κ3) is 4.39. The Bertz CT molecular complexity index is 358. The fourth-order valence-corrected chi connectivity index (χ4v) is 1.99. The van der Waals surface area contributed by atoms with Crippen molar-refractivity contribution in [3.05, 3.63) is 23.8 Å². The Morgan fingerprint density at radius 3 is 2.44 bits per heavy atom. The number of ether oxygens (including phenoxy) is 2. The molecule has 1 rings (SSSR count). The lowest BCUT2D eigenvalue weighted by Gasteiger charge is -2.20. The minimum Gasteiger partial charge on any atom is -0.493 e. The SMILES string of the molecule is CCN(CCCCl)Cc1ccc(OC)c(OC)c1. The summed E-state index contributed by atoms with van der Waals surface area (Å²) in [6.07, 6.45) is 1.02. The van der Waals surface area contributed by atoms with Crippen LogP contribution in [-0.2, 0) is 6.54 Å². The van der Waals surface area contributed by atoms with E-state index < -0.39 is 0 Å². The summed E-state index contributed by atoms with van der Waals surface area (Å²) < 4.78 is 10.5. The summed E-state index contributed by atoms with van der Waals surface area (Å²) >= 11 is 5.73. The average Bonchev–Trinajstić information content (AvgIpc) is 2.43. The minimum absolute atomic E-state index is 0.711. The molecule has 3 nitrogen and oxygen atoms in total. The summed E-state index contributed by atoms with van der Waals surface area (Å²) in [6, 6.07) is 6.05. The zero-order chi connectivity index (χ0) is 13.4. The van der Waals surface area contributed by atoms with Crippen LogP contribution in [0.1, 0.15) is 18.9 Å². The fourth-order valence-electron chi connectivity index (χ4n) is 1.87. The Kier molecular flexibility index (Phi) is 6.91. The highest BCUT2D eigenvalue weighted by Gasteiger charge is 2.07. The van der Waals surface area contributed by atoms with Gasteiger partial charge in [-0.1, -0.05) is 13.0 Å². The lowest BCUT2D eigenvalue weighted by molar-refractivity contribution is 0.280. The second-order valence-corrected chi connectivity index (χ2v) is 4.48. The smallest absolute Gasteiger partial charge is 0.161 e. The molecule has 0 amide bonds. The van der Waals surface area contributed by atoms with Gasteiger partial charge in [0.05, 0.1) is 14.2 Å². The number of methoxy groups -OCH3 is 2. The second-order valence-electron chi connectivity index (χ2n) is 4.10. The van der Waals surface area contributed by atoms with Crippen LogP contribution in [0, 0.1) is 0 Å². The lowest BCUT2D eigenvalue weighted by atomic mass is 10.2. The topological polar surface area (TPSA) is 21.7 Å². The Labute approximate surface area is 115 Å². The summed E-state index contributed by atoms with van der Waals surface area (Å²) in [5, 5.41) is 0. The van der Waals surface area contributed by atoms with E-state index in [4.69, 9.17) is 21.1 Å². The van der Waals surface area contributed by atoms with Crippen molar-refractivity contribution in [1.82, 2.24) is 4.90 Å². The van der Waals surface area contributed by atoms with Crippen molar-refractivity contribution < 1.29 is 9.47 Å². The van der Waals surface area contributed by atoms with E-state index in [0.29, 0.717) is 5.88 Å². The average molecular weight is 272 g/mol. The molecule has 18 heavy (non-hydrogen) atoms. The van der Waals surface area contributed by atoms with Gasteiger partial charge in [0.1, 0.15) is 0 Å². The van der Waals surface area contributed by atoms with Gasteiger partial charge in [-0.05, 0) is 37.2 Å². The van der Waals surface area contributed by atoms with Gasteiger partial charge in [-0.3, -0.25) is 4.90 Å². The van der Waals surface area contributed by atoms with E-state index >= 15 is 0 Å². The Hall–Kier alpha value is -0.930. The van der Waals surface area contributed by atoms with Crippen LogP contribution in [-0.4, -0.2) is 38.1 Å². The summed E-state index contributed by atoms with van der Waals surface area (Å²) in [5.41, 5.74) is 1.23. The van der Waals surface area contributed by atoms with Gasteiger partial charge in [-0.15, -0.1) is 11.6 Å². The Balaban J connectivity index is 2.71. The molecule has 0 saturated heterocycles. The molecule has 0 N–H and O–H groups in total. The third-order valence-corrected chi connectivity index (χ3v) is 3.18. The van der Waals surface area contributed by atoms with Gasteiger partial charge in [-0.25, -0.2) is 0 Å². The van der Waals surface area contributed by atoms with Crippen LogP contribution < -0.4 is 9.47 Å². The van der Waals surface area contributed by atoms with Crippen molar-refractivity contribution in [1.29, 1.82) is 0 Å². The van der Waals surface area contributed by atoms with Crippen molar-refractivity contribution in [3.63, 3.8) is 0 Å². The van der Waals surface area contributed by atoms with Gasteiger partial charge < -0.3 is 9.47 Å². The van der Waals surface area contributed by atoms with Crippen molar-refractivity contribution in [2.45, 2.75) is 19.9 Å². The van der Waals surface area contributed by atoms with Crippen molar-refractivity contribution in [3.8, 4) is 11.5 Å². The Morgan fingerprint density at radius 2 is 1.89 bits per heavy atom. The first-order valence-electron chi connectivity index (χ1n) is 6.24. The molecule has 0 aromatic heterocycles. The molecule has 102 valence electrons. The van der Waals surface area contributed by atoms with E-state index in [2.05, 4.69) is 17.9 Å². The van der Waals surface area contributed by atoms with E-state index in [1.54, 1.807) is 14.2 Å². The van der Waals surface area contributed by atoms with Crippen molar-refractivity contribution in [2.24, 2.45) is 0 Å². The molecule has 0 heterocycles. The highest BCUT2D eigenvalue weighted by molar-refractivity contribution is 6.17. The van der Waals surface area contributed by atoms with Crippen LogP contribution in [0.5, 0.6) is 11.5 Å². The highest BCUT2D eigenvalue weighted by atomic mass is 35.5. The van der Waals surface area contributed by atoms with Crippen LogP contribution in [0.4, 0.5) is 0 Å². The quantitative estimate of drug-likeness (QED) is 0.678. The van der Waals surface area contributed by atoms with Gasteiger partial charge in [0.15, 0.2) is 11.5 Å². The van der Waals surface area contributed by atoms with Gasteiger partial charge in [0.2, 0.25) is 0 Å². The van der Waals surface area contributed by atoms with E-state index in [1.807, 2.05) is 12.1 Å². The van der Waals surface area contributed by atoms with E-state index in [-0.39, 0.29) is 0 Å². The molecular weight excluding hydrogens is 250 g/mol. The minimum atomic E-state index is 0.711. The van der Waals surface area contributed by atoms with Crippen LogP contribution in [0.2, 0.25) is 0 Å². The number of hydrogen-bond donors (Lipinski definition) is 0.